The molecule has 2 heteroatoms. The van der Waals surface area contributed by atoms with Gasteiger partial charge in [0.05, 0.1) is 0 Å². The molecule has 2 rings (SSSR count). The van der Waals surface area contributed by atoms with Gasteiger partial charge in [-0.25, -0.2) is 0 Å². The highest BCUT2D eigenvalue weighted by atomic mass is 15.2. The molecule has 1 heterocycles. The summed E-state index contributed by atoms with van der Waals surface area (Å²) in [5.74, 6) is 2.36. The summed E-state index contributed by atoms with van der Waals surface area (Å²) in [6.45, 7) is 9.74. The van der Waals surface area contributed by atoms with E-state index in [9.17, 15) is 0 Å². The zero-order valence-electron chi connectivity index (χ0n) is 12.6. The second-order valence-corrected chi connectivity index (χ2v) is 7.07. The summed E-state index contributed by atoms with van der Waals surface area (Å²) < 4.78 is 0. The van der Waals surface area contributed by atoms with Gasteiger partial charge in [0.15, 0.2) is 0 Å². The second kappa shape index (κ2) is 6.38. The van der Waals surface area contributed by atoms with E-state index in [2.05, 4.69) is 25.7 Å². The molecule has 0 aromatic carbocycles. The maximum atomic E-state index is 6.43. The average molecular weight is 252 g/mol. The highest BCUT2D eigenvalue weighted by Crippen LogP contribution is 2.34. The maximum Gasteiger partial charge on any atom is 0.00844 e. The maximum absolute atomic E-state index is 6.43. The summed E-state index contributed by atoms with van der Waals surface area (Å²) >= 11 is 0. The lowest BCUT2D eigenvalue weighted by atomic mass is 9.72. The first-order valence-electron chi connectivity index (χ1n) is 8.07. The predicted molar refractivity (Wildman–Crippen MR) is 78.5 cm³/mol. The van der Waals surface area contributed by atoms with Crippen LogP contribution in [0.5, 0.6) is 0 Å². The monoisotopic (exact) mass is 252 g/mol. The van der Waals surface area contributed by atoms with Gasteiger partial charge in [-0.1, -0.05) is 26.7 Å². The summed E-state index contributed by atoms with van der Waals surface area (Å²) in [6.07, 6.45) is 8.22. The molecule has 2 aliphatic rings. The average Bonchev–Trinajstić information content (AvgIpc) is 2.49. The lowest BCUT2D eigenvalue weighted by molar-refractivity contribution is 0.0984. The summed E-state index contributed by atoms with van der Waals surface area (Å²) in [5.41, 5.74) is 6.43. The normalized spacial score (nSPS) is 43.7. The zero-order valence-corrected chi connectivity index (χ0v) is 12.6. The van der Waals surface area contributed by atoms with E-state index in [-0.39, 0.29) is 0 Å². The Balaban J connectivity index is 1.94. The Hall–Kier alpha value is -0.0800. The summed E-state index contributed by atoms with van der Waals surface area (Å²) in [7, 11) is 0. The molecule has 2 N–H and O–H groups in total. The van der Waals surface area contributed by atoms with Crippen molar-refractivity contribution in [2.75, 3.05) is 13.1 Å². The molecule has 0 bridgehead atoms. The van der Waals surface area contributed by atoms with Gasteiger partial charge in [0, 0.05) is 18.6 Å². The topological polar surface area (TPSA) is 29.3 Å². The van der Waals surface area contributed by atoms with Gasteiger partial charge in [0.2, 0.25) is 0 Å². The minimum atomic E-state index is 0.430. The fourth-order valence-corrected chi connectivity index (χ4v) is 4.16. The van der Waals surface area contributed by atoms with Crippen molar-refractivity contribution in [1.29, 1.82) is 0 Å². The van der Waals surface area contributed by atoms with Gasteiger partial charge >= 0.3 is 0 Å². The molecule has 1 saturated heterocycles. The van der Waals surface area contributed by atoms with Crippen molar-refractivity contribution in [2.24, 2.45) is 23.5 Å². The predicted octanol–water partition coefficient (Wildman–Crippen LogP) is 3.26. The number of hydrogen-bond acceptors (Lipinski definition) is 2. The van der Waals surface area contributed by atoms with Gasteiger partial charge in [-0.15, -0.1) is 0 Å². The highest BCUT2D eigenvalue weighted by Gasteiger charge is 2.33. The Morgan fingerprint density at radius 1 is 1.06 bits per heavy atom. The molecule has 2 fully saturated rings. The standard InChI is InChI=1S/C16H32N2/c1-12-9-13(2)15(16(17)10-12)11-18-8-6-4-5-7-14(18)3/h12-16H,4-11,17H2,1-3H3. The van der Waals surface area contributed by atoms with Crippen molar-refractivity contribution in [3.8, 4) is 0 Å². The molecule has 1 saturated carbocycles. The Morgan fingerprint density at radius 3 is 2.56 bits per heavy atom. The van der Waals surface area contributed by atoms with Crippen LogP contribution < -0.4 is 5.73 Å². The van der Waals surface area contributed by atoms with Crippen LogP contribution in [0.15, 0.2) is 0 Å². The van der Waals surface area contributed by atoms with Crippen molar-refractivity contribution in [2.45, 2.75) is 71.4 Å². The second-order valence-electron chi connectivity index (χ2n) is 7.07. The summed E-state index contributed by atoms with van der Waals surface area (Å²) in [6, 6.07) is 1.20. The van der Waals surface area contributed by atoms with Gasteiger partial charge in [0.25, 0.3) is 0 Å². The molecule has 2 nitrogen and oxygen atoms in total. The van der Waals surface area contributed by atoms with Crippen molar-refractivity contribution in [1.82, 2.24) is 4.90 Å². The first kappa shape index (κ1) is 14.3. The summed E-state index contributed by atoms with van der Waals surface area (Å²) in [4.78, 5) is 2.73. The van der Waals surface area contributed by atoms with Gasteiger partial charge < -0.3 is 10.6 Å². The Morgan fingerprint density at radius 2 is 1.83 bits per heavy atom. The Bertz CT molecular complexity index is 241. The van der Waals surface area contributed by atoms with E-state index in [1.807, 2.05) is 0 Å². The fourth-order valence-electron chi connectivity index (χ4n) is 4.16. The fraction of sp³-hybridized carbons (Fsp3) is 1.00. The van der Waals surface area contributed by atoms with E-state index in [0.29, 0.717) is 6.04 Å². The van der Waals surface area contributed by atoms with Crippen LogP contribution in [-0.4, -0.2) is 30.1 Å². The number of likely N-dealkylation sites (tertiary alicyclic amines) is 1. The molecular weight excluding hydrogens is 220 g/mol. The molecule has 1 aliphatic carbocycles. The SMILES string of the molecule is CC1CC(C)C(CN2CCCCCC2C)C(N)C1. The van der Waals surface area contributed by atoms with E-state index < -0.39 is 0 Å². The summed E-state index contributed by atoms with van der Waals surface area (Å²) in [5, 5.41) is 0. The molecule has 0 aromatic heterocycles. The van der Waals surface area contributed by atoms with Gasteiger partial charge in [-0.05, 0) is 56.9 Å². The van der Waals surface area contributed by atoms with Crippen LogP contribution in [0.4, 0.5) is 0 Å². The number of rotatable bonds is 2. The van der Waals surface area contributed by atoms with E-state index in [1.165, 1.54) is 51.6 Å². The van der Waals surface area contributed by atoms with Gasteiger partial charge in [-0.2, -0.15) is 0 Å². The molecule has 0 radical (unpaired) electrons. The first-order chi connectivity index (χ1) is 8.58. The van der Waals surface area contributed by atoms with E-state index in [0.717, 1.165) is 23.8 Å². The highest BCUT2D eigenvalue weighted by molar-refractivity contribution is 4.88. The van der Waals surface area contributed by atoms with E-state index in [1.54, 1.807) is 0 Å². The van der Waals surface area contributed by atoms with Crippen LogP contribution in [0.2, 0.25) is 0 Å². The third-order valence-corrected chi connectivity index (χ3v) is 5.37. The first-order valence-corrected chi connectivity index (χ1v) is 8.07. The van der Waals surface area contributed by atoms with Crippen LogP contribution in [-0.2, 0) is 0 Å². The van der Waals surface area contributed by atoms with Crippen LogP contribution in [0, 0.1) is 17.8 Å². The lowest BCUT2D eigenvalue weighted by Crippen LogP contribution is -2.48. The van der Waals surface area contributed by atoms with Crippen molar-refractivity contribution in [3.63, 3.8) is 0 Å². The third-order valence-electron chi connectivity index (χ3n) is 5.37. The molecule has 18 heavy (non-hydrogen) atoms. The van der Waals surface area contributed by atoms with Crippen molar-refractivity contribution in [3.05, 3.63) is 0 Å². The number of nitrogens with zero attached hydrogens (tertiary/aromatic N) is 1. The molecule has 5 atom stereocenters. The minimum absolute atomic E-state index is 0.430. The van der Waals surface area contributed by atoms with Crippen molar-refractivity contribution < 1.29 is 0 Å². The number of nitrogens with two attached hydrogens (primary N) is 1. The molecule has 0 spiro atoms. The smallest absolute Gasteiger partial charge is 0.00844 e. The molecule has 5 unspecified atom stereocenters. The number of hydrogen-bond donors (Lipinski definition) is 1. The van der Waals surface area contributed by atoms with Crippen LogP contribution in [0.3, 0.4) is 0 Å². The Kier molecular flexibility index (Phi) is 5.08. The zero-order chi connectivity index (χ0) is 13.1. The molecule has 106 valence electrons. The minimum Gasteiger partial charge on any atom is -0.327 e. The molecule has 0 aromatic rings. The quantitative estimate of drug-likeness (QED) is 0.817. The molecular formula is C16H32N2. The van der Waals surface area contributed by atoms with E-state index in [4.69, 9.17) is 5.73 Å². The third kappa shape index (κ3) is 3.48. The van der Waals surface area contributed by atoms with Gasteiger partial charge in [0.1, 0.15) is 0 Å². The van der Waals surface area contributed by atoms with Gasteiger partial charge in [-0.3, -0.25) is 0 Å². The molecule has 1 aliphatic heterocycles. The van der Waals surface area contributed by atoms with E-state index >= 15 is 0 Å². The Labute approximate surface area is 113 Å². The van der Waals surface area contributed by atoms with Crippen LogP contribution in [0.25, 0.3) is 0 Å². The molecule has 0 amide bonds. The largest absolute Gasteiger partial charge is 0.327 e. The van der Waals surface area contributed by atoms with Crippen LogP contribution >= 0.6 is 0 Å². The lowest BCUT2D eigenvalue weighted by Gasteiger charge is -2.41. The van der Waals surface area contributed by atoms with Crippen LogP contribution in [0.1, 0.15) is 59.3 Å². The van der Waals surface area contributed by atoms with Crippen molar-refractivity contribution >= 4 is 0 Å².